The van der Waals surface area contributed by atoms with Crippen molar-refractivity contribution >= 4 is 29.5 Å². The first-order chi connectivity index (χ1) is 11.7. The second kappa shape index (κ2) is 7.19. The van der Waals surface area contributed by atoms with Crippen molar-refractivity contribution in [3.63, 3.8) is 0 Å². The third kappa shape index (κ3) is 3.97. The summed E-state index contributed by atoms with van der Waals surface area (Å²) in [5.41, 5.74) is 0.0829. The smallest absolute Gasteiger partial charge is 0.421 e. The predicted octanol–water partition coefficient (Wildman–Crippen LogP) is 3.33. The highest BCUT2D eigenvalue weighted by Crippen LogP contribution is 2.35. The molecular weight excluding hydrogens is 348 g/mol. The molecule has 25 heavy (non-hydrogen) atoms. The molecule has 0 aromatic carbocycles. The van der Waals surface area contributed by atoms with Crippen LogP contribution in [0.2, 0.25) is 0 Å². The van der Waals surface area contributed by atoms with Crippen LogP contribution in [0.15, 0.2) is 21.2 Å². The number of carbonyl (C=O) groups excluding carboxylic acids is 2. The summed E-state index contributed by atoms with van der Waals surface area (Å²) >= 11 is 6.04. The van der Waals surface area contributed by atoms with Gasteiger partial charge < -0.3 is 14.0 Å². The van der Waals surface area contributed by atoms with Crippen LogP contribution in [0.3, 0.4) is 0 Å². The maximum atomic E-state index is 12.4. The quantitative estimate of drug-likeness (QED) is 0.602. The Kier molecular flexibility index (Phi) is 5.43. The van der Waals surface area contributed by atoms with E-state index in [1.165, 1.54) is 0 Å². The number of halogens is 1. The molecule has 8 heteroatoms. The molecule has 1 aliphatic rings. The van der Waals surface area contributed by atoms with E-state index in [-0.39, 0.29) is 22.9 Å². The van der Waals surface area contributed by atoms with Gasteiger partial charge in [0.25, 0.3) is 5.91 Å². The Bertz CT molecular complexity index is 779. The number of nitrogens with zero attached hydrogens (tertiary/aromatic N) is 2. The summed E-state index contributed by atoms with van der Waals surface area (Å²) in [7, 11) is 0. The summed E-state index contributed by atoms with van der Waals surface area (Å²) in [4.78, 5) is 25.4. The van der Waals surface area contributed by atoms with Crippen molar-refractivity contribution in [2.24, 2.45) is 0 Å². The molecule has 0 fully saturated rings. The topological polar surface area (TPSA) is 81.9 Å². The van der Waals surface area contributed by atoms with Gasteiger partial charge in [-0.25, -0.2) is 9.69 Å². The highest BCUT2D eigenvalue weighted by Gasteiger charge is 2.42. The van der Waals surface area contributed by atoms with Gasteiger partial charge in [-0.3, -0.25) is 4.79 Å². The van der Waals surface area contributed by atoms with Gasteiger partial charge in [0.2, 0.25) is 6.23 Å². The molecule has 134 valence electrons. The number of hydrogen-bond donors (Lipinski definition) is 0. The van der Waals surface area contributed by atoms with Gasteiger partial charge in [-0.15, -0.1) is 5.92 Å². The number of ether oxygens (including phenoxy) is 2. The Morgan fingerprint density at radius 1 is 1.48 bits per heavy atom. The molecule has 0 aliphatic carbocycles. The molecule has 0 saturated heterocycles. The van der Waals surface area contributed by atoms with Crippen molar-refractivity contribution in [3.8, 4) is 11.8 Å². The Morgan fingerprint density at radius 2 is 2.16 bits per heavy atom. The SMILES string of the molecule is CC#CCOC(=O)OC1C(C)=C(Cl)C(=O)N1c1cc(C(C)(C)C)on1. The van der Waals surface area contributed by atoms with Crippen molar-refractivity contribution in [2.75, 3.05) is 11.5 Å². The minimum atomic E-state index is -1.06. The highest BCUT2D eigenvalue weighted by molar-refractivity contribution is 6.45. The zero-order chi connectivity index (χ0) is 18.8. The first-order valence-corrected chi connectivity index (χ1v) is 7.94. The van der Waals surface area contributed by atoms with Crippen molar-refractivity contribution in [2.45, 2.75) is 46.3 Å². The molecule has 0 N–H and O–H groups in total. The first-order valence-electron chi connectivity index (χ1n) is 7.57. The summed E-state index contributed by atoms with van der Waals surface area (Å²) in [6.45, 7) is 8.94. The fraction of sp³-hybridized carbons (Fsp3) is 0.471. The highest BCUT2D eigenvalue weighted by atomic mass is 35.5. The second-order valence-electron chi connectivity index (χ2n) is 6.41. The van der Waals surface area contributed by atoms with E-state index in [0.717, 1.165) is 4.90 Å². The summed E-state index contributed by atoms with van der Waals surface area (Å²) in [6, 6.07) is 1.62. The van der Waals surface area contributed by atoms with Crippen LogP contribution in [0.25, 0.3) is 0 Å². The molecular formula is C17H19ClN2O5. The van der Waals surface area contributed by atoms with Crippen LogP contribution in [0, 0.1) is 11.8 Å². The molecule has 0 bridgehead atoms. The Labute approximate surface area is 150 Å². The number of anilines is 1. The largest absolute Gasteiger partial charge is 0.511 e. The van der Waals surface area contributed by atoms with Crippen LogP contribution in [-0.2, 0) is 19.7 Å². The van der Waals surface area contributed by atoms with Crippen LogP contribution in [0.4, 0.5) is 10.6 Å². The van der Waals surface area contributed by atoms with Crippen LogP contribution in [-0.4, -0.2) is 30.1 Å². The lowest BCUT2D eigenvalue weighted by molar-refractivity contribution is -0.115. The fourth-order valence-electron chi connectivity index (χ4n) is 2.07. The predicted molar refractivity (Wildman–Crippen MR) is 90.9 cm³/mol. The van der Waals surface area contributed by atoms with Crippen molar-refractivity contribution < 1.29 is 23.6 Å². The van der Waals surface area contributed by atoms with Gasteiger partial charge in [0, 0.05) is 17.1 Å². The molecule has 1 aromatic rings. The summed E-state index contributed by atoms with van der Waals surface area (Å²) in [5, 5.41) is 3.87. The average molecular weight is 367 g/mol. The molecule has 7 nitrogen and oxygen atoms in total. The van der Waals surface area contributed by atoms with E-state index < -0.39 is 18.3 Å². The number of aromatic nitrogens is 1. The van der Waals surface area contributed by atoms with Crippen molar-refractivity contribution in [3.05, 3.63) is 22.4 Å². The molecule has 1 aromatic heterocycles. The van der Waals surface area contributed by atoms with E-state index in [2.05, 4.69) is 17.0 Å². The standard InChI is InChI=1S/C17H19ClN2O5/c1-6-7-8-23-16(22)24-15-10(2)13(18)14(21)20(15)12-9-11(25-19-12)17(3,4)5/h9,15H,8H2,1-5H3. The zero-order valence-corrected chi connectivity index (χ0v) is 15.4. The first kappa shape index (κ1) is 18.9. The van der Waals surface area contributed by atoms with E-state index in [1.54, 1.807) is 19.9 Å². The third-order valence-corrected chi connectivity index (χ3v) is 3.95. The van der Waals surface area contributed by atoms with E-state index >= 15 is 0 Å². The molecule has 1 aliphatic heterocycles. The van der Waals surface area contributed by atoms with Gasteiger partial charge in [-0.05, 0) is 13.8 Å². The third-order valence-electron chi connectivity index (χ3n) is 3.49. The maximum Gasteiger partial charge on any atom is 0.511 e. The molecule has 1 atom stereocenters. The normalized spacial score (nSPS) is 17.4. The number of rotatable bonds is 3. The molecule has 0 spiro atoms. The molecule has 0 saturated carbocycles. The number of amides is 1. The lowest BCUT2D eigenvalue weighted by Crippen LogP contribution is -2.39. The Hall–Kier alpha value is -2.46. The Morgan fingerprint density at radius 3 is 2.72 bits per heavy atom. The van der Waals surface area contributed by atoms with Gasteiger partial charge in [0.1, 0.15) is 10.8 Å². The van der Waals surface area contributed by atoms with E-state index in [9.17, 15) is 9.59 Å². The van der Waals surface area contributed by atoms with Gasteiger partial charge >= 0.3 is 6.16 Å². The van der Waals surface area contributed by atoms with E-state index in [1.807, 2.05) is 20.8 Å². The fourth-order valence-corrected chi connectivity index (χ4v) is 2.26. The number of hydrogen-bond acceptors (Lipinski definition) is 6. The molecule has 2 rings (SSSR count). The molecule has 2 heterocycles. The summed E-state index contributed by atoms with van der Waals surface area (Å²) in [5.74, 6) is 5.42. The van der Waals surface area contributed by atoms with Crippen LogP contribution < -0.4 is 4.90 Å². The van der Waals surface area contributed by atoms with Gasteiger partial charge in [0.15, 0.2) is 12.4 Å². The maximum absolute atomic E-state index is 12.4. The lowest BCUT2D eigenvalue weighted by atomic mass is 9.93. The lowest BCUT2D eigenvalue weighted by Gasteiger charge is -2.22. The van der Waals surface area contributed by atoms with Gasteiger partial charge in [0.05, 0.1) is 0 Å². The average Bonchev–Trinajstić information content (AvgIpc) is 3.09. The molecule has 1 unspecified atom stereocenters. The minimum Gasteiger partial charge on any atom is -0.421 e. The van der Waals surface area contributed by atoms with Crippen LogP contribution >= 0.6 is 11.6 Å². The molecule has 1 amide bonds. The minimum absolute atomic E-state index is 0.0357. The summed E-state index contributed by atoms with van der Waals surface area (Å²) in [6.07, 6.45) is -2.02. The number of carbonyl (C=O) groups is 2. The Balaban J connectivity index is 2.25. The second-order valence-corrected chi connectivity index (χ2v) is 6.79. The van der Waals surface area contributed by atoms with E-state index in [4.69, 9.17) is 25.6 Å². The van der Waals surface area contributed by atoms with E-state index in [0.29, 0.717) is 11.3 Å². The zero-order valence-electron chi connectivity index (χ0n) is 14.7. The monoisotopic (exact) mass is 366 g/mol. The van der Waals surface area contributed by atoms with Crippen molar-refractivity contribution in [1.82, 2.24) is 5.16 Å². The van der Waals surface area contributed by atoms with Crippen LogP contribution in [0.1, 0.15) is 40.4 Å². The van der Waals surface area contributed by atoms with Gasteiger partial charge in [-0.1, -0.05) is 43.4 Å². The van der Waals surface area contributed by atoms with Crippen molar-refractivity contribution in [1.29, 1.82) is 0 Å². The molecule has 0 radical (unpaired) electrons. The van der Waals surface area contributed by atoms with Gasteiger partial charge in [-0.2, -0.15) is 0 Å². The summed E-state index contributed by atoms with van der Waals surface area (Å²) < 4.78 is 15.3. The van der Waals surface area contributed by atoms with Crippen LogP contribution in [0.5, 0.6) is 0 Å².